The molecular formula is C12H22O4. The second-order valence-corrected chi connectivity index (χ2v) is 4.52. The minimum atomic E-state index is -0.833. The molecule has 1 saturated heterocycles. The molecule has 2 N–H and O–H groups in total. The number of hydrogen-bond acceptors (Lipinski definition) is 3. The maximum Gasteiger partial charge on any atom is 0.300 e. The molecule has 0 aromatic carbocycles. The number of hydrogen-bond donors (Lipinski definition) is 2. The van der Waals surface area contributed by atoms with Crippen molar-refractivity contribution in [3.8, 4) is 0 Å². The van der Waals surface area contributed by atoms with E-state index in [4.69, 9.17) is 14.6 Å². The average Bonchev–Trinajstić information content (AvgIpc) is 2.82. The molecule has 0 aliphatic carbocycles. The first-order chi connectivity index (χ1) is 7.25. The van der Waals surface area contributed by atoms with Gasteiger partial charge in [-0.05, 0) is 33.6 Å². The maximum absolute atomic E-state index is 9.81. The summed E-state index contributed by atoms with van der Waals surface area (Å²) in [5.41, 5.74) is 0.689. The number of aliphatic hydroxyl groups is 1. The predicted octanol–water partition coefficient (Wildman–Crippen LogP) is 1.97. The molecule has 0 radical (unpaired) electrons. The molecule has 1 fully saturated rings. The fourth-order valence-corrected chi connectivity index (χ4v) is 1.22. The zero-order valence-corrected chi connectivity index (χ0v) is 10.5. The summed E-state index contributed by atoms with van der Waals surface area (Å²) in [6.07, 6.45) is 3.97. The molecule has 4 heteroatoms. The molecule has 0 aromatic heterocycles. The van der Waals surface area contributed by atoms with Crippen molar-refractivity contribution in [1.82, 2.24) is 0 Å². The first-order valence-electron chi connectivity index (χ1n) is 5.42. The average molecular weight is 230 g/mol. The number of carbonyl (C=O) groups is 1. The Bertz CT molecular complexity index is 244. The first kappa shape index (κ1) is 15.1. The number of carboxylic acid groups (broad SMARTS) is 1. The maximum atomic E-state index is 9.81. The van der Waals surface area contributed by atoms with Crippen LogP contribution in [0.2, 0.25) is 0 Å². The van der Waals surface area contributed by atoms with Crippen LogP contribution in [0.25, 0.3) is 0 Å². The van der Waals surface area contributed by atoms with Crippen LogP contribution >= 0.6 is 0 Å². The van der Waals surface area contributed by atoms with Gasteiger partial charge in [-0.1, -0.05) is 11.6 Å². The van der Waals surface area contributed by atoms with Gasteiger partial charge >= 0.3 is 0 Å². The van der Waals surface area contributed by atoms with E-state index in [2.05, 4.69) is 19.9 Å². The smallest absolute Gasteiger partial charge is 0.300 e. The van der Waals surface area contributed by atoms with Crippen LogP contribution < -0.4 is 0 Å². The second-order valence-electron chi connectivity index (χ2n) is 4.52. The summed E-state index contributed by atoms with van der Waals surface area (Å²) in [6, 6.07) is 0. The zero-order valence-electron chi connectivity index (χ0n) is 10.5. The van der Waals surface area contributed by atoms with Gasteiger partial charge < -0.3 is 14.9 Å². The van der Waals surface area contributed by atoms with Gasteiger partial charge in [0.05, 0.1) is 12.2 Å². The molecule has 1 heterocycles. The van der Waals surface area contributed by atoms with Gasteiger partial charge in [0, 0.05) is 6.92 Å². The summed E-state index contributed by atoms with van der Waals surface area (Å²) in [6.45, 7) is 7.80. The van der Waals surface area contributed by atoms with E-state index in [1.807, 2.05) is 6.92 Å². The van der Waals surface area contributed by atoms with Gasteiger partial charge in [0.15, 0.2) is 0 Å². The molecule has 1 aliphatic rings. The van der Waals surface area contributed by atoms with E-state index >= 15 is 0 Å². The lowest BCUT2D eigenvalue weighted by Gasteiger charge is -2.19. The lowest BCUT2D eigenvalue weighted by atomic mass is 9.96. The predicted molar refractivity (Wildman–Crippen MR) is 62.3 cm³/mol. The Kier molecular flexibility index (Phi) is 6.29. The lowest BCUT2D eigenvalue weighted by Crippen LogP contribution is -2.30. The third-order valence-corrected chi connectivity index (χ3v) is 2.23. The topological polar surface area (TPSA) is 70.1 Å². The van der Waals surface area contributed by atoms with E-state index in [1.54, 1.807) is 0 Å². The number of allylic oxidation sites excluding steroid dienone is 2. The van der Waals surface area contributed by atoms with Crippen molar-refractivity contribution in [1.29, 1.82) is 0 Å². The van der Waals surface area contributed by atoms with E-state index in [0.717, 1.165) is 26.4 Å². The third kappa shape index (κ3) is 8.44. The molecule has 1 rings (SSSR count). The highest BCUT2D eigenvalue weighted by atomic mass is 16.6. The van der Waals surface area contributed by atoms with Crippen LogP contribution in [-0.2, 0) is 9.53 Å². The number of epoxide rings is 1. The fraction of sp³-hybridized carbons (Fsp3) is 0.750. The van der Waals surface area contributed by atoms with Crippen LogP contribution in [-0.4, -0.2) is 34.5 Å². The van der Waals surface area contributed by atoms with Crippen molar-refractivity contribution in [2.75, 3.05) is 6.61 Å². The van der Waals surface area contributed by atoms with Crippen molar-refractivity contribution in [2.45, 2.75) is 52.2 Å². The van der Waals surface area contributed by atoms with Gasteiger partial charge in [0.25, 0.3) is 5.97 Å². The summed E-state index contributed by atoms with van der Waals surface area (Å²) in [5.74, 6) is -0.833. The molecule has 94 valence electrons. The number of rotatable bonds is 4. The van der Waals surface area contributed by atoms with Crippen LogP contribution in [0.5, 0.6) is 0 Å². The Morgan fingerprint density at radius 1 is 1.50 bits per heavy atom. The van der Waals surface area contributed by atoms with Gasteiger partial charge in [0.2, 0.25) is 0 Å². The summed E-state index contributed by atoms with van der Waals surface area (Å²) < 4.78 is 5.06. The summed E-state index contributed by atoms with van der Waals surface area (Å²) in [4.78, 5) is 9.00. The minimum Gasteiger partial charge on any atom is -0.481 e. The van der Waals surface area contributed by atoms with Gasteiger partial charge in [-0.3, -0.25) is 4.79 Å². The standard InChI is InChI=1S/C10H18O2.C2H4O2/c1-8(2)5-4-6-10(3,11)9-7-12-9;1-2(3)4/h5,9,11H,4,6-7H2,1-3H3;1H3,(H,3,4). The van der Waals surface area contributed by atoms with Gasteiger partial charge in [-0.2, -0.15) is 0 Å². The van der Waals surface area contributed by atoms with Crippen LogP contribution in [0.4, 0.5) is 0 Å². The molecule has 0 saturated carbocycles. The van der Waals surface area contributed by atoms with Gasteiger partial charge in [-0.25, -0.2) is 0 Å². The van der Waals surface area contributed by atoms with Crippen LogP contribution in [0.15, 0.2) is 11.6 Å². The van der Waals surface area contributed by atoms with E-state index in [9.17, 15) is 5.11 Å². The molecule has 2 atom stereocenters. The summed E-state index contributed by atoms with van der Waals surface area (Å²) in [5, 5.41) is 17.2. The molecule has 0 aromatic rings. The van der Waals surface area contributed by atoms with E-state index in [0.29, 0.717) is 0 Å². The van der Waals surface area contributed by atoms with E-state index in [1.165, 1.54) is 5.57 Å². The normalized spacial score (nSPS) is 21.2. The Morgan fingerprint density at radius 3 is 2.25 bits per heavy atom. The summed E-state index contributed by atoms with van der Waals surface area (Å²) >= 11 is 0. The van der Waals surface area contributed by atoms with Gasteiger partial charge in [-0.15, -0.1) is 0 Å². The van der Waals surface area contributed by atoms with Crippen molar-refractivity contribution in [2.24, 2.45) is 0 Å². The highest BCUT2D eigenvalue weighted by Crippen LogP contribution is 2.28. The third-order valence-electron chi connectivity index (χ3n) is 2.23. The number of aliphatic carboxylic acids is 1. The Labute approximate surface area is 96.9 Å². The molecule has 16 heavy (non-hydrogen) atoms. The highest BCUT2D eigenvalue weighted by molar-refractivity contribution is 5.62. The van der Waals surface area contributed by atoms with Crippen molar-refractivity contribution < 1.29 is 19.7 Å². The largest absolute Gasteiger partial charge is 0.481 e. The van der Waals surface area contributed by atoms with Crippen molar-refractivity contribution in [3.63, 3.8) is 0 Å². The lowest BCUT2D eigenvalue weighted by molar-refractivity contribution is -0.134. The van der Waals surface area contributed by atoms with E-state index < -0.39 is 11.6 Å². The monoisotopic (exact) mass is 230 g/mol. The second kappa shape index (κ2) is 6.66. The molecule has 4 nitrogen and oxygen atoms in total. The minimum absolute atomic E-state index is 0.0862. The molecular weight excluding hydrogens is 208 g/mol. The molecule has 0 spiro atoms. The number of carboxylic acids is 1. The SMILES string of the molecule is CC(=O)O.CC(C)=CCCC(C)(O)C1CO1. The fourth-order valence-electron chi connectivity index (χ4n) is 1.22. The van der Waals surface area contributed by atoms with Crippen LogP contribution in [0.3, 0.4) is 0 Å². The van der Waals surface area contributed by atoms with Crippen LogP contribution in [0.1, 0.15) is 40.5 Å². The Hall–Kier alpha value is -0.870. The first-order valence-corrected chi connectivity index (χ1v) is 5.42. The number of ether oxygens (including phenoxy) is 1. The Morgan fingerprint density at radius 2 is 1.94 bits per heavy atom. The van der Waals surface area contributed by atoms with Gasteiger partial charge in [0.1, 0.15) is 6.10 Å². The zero-order chi connectivity index (χ0) is 12.8. The Balaban J connectivity index is 0.000000487. The molecule has 1 aliphatic heterocycles. The molecule has 0 amide bonds. The summed E-state index contributed by atoms with van der Waals surface area (Å²) in [7, 11) is 0. The quantitative estimate of drug-likeness (QED) is 0.572. The van der Waals surface area contributed by atoms with Crippen molar-refractivity contribution in [3.05, 3.63) is 11.6 Å². The highest BCUT2D eigenvalue weighted by Gasteiger charge is 2.40. The van der Waals surface area contributed by atoms with Crippen LogP contribution in [0, 0.1) is 0 Å². The molecule has 0 bridgehead atoms. The van der Waals surface area contributed by atoms with E-state index in [-0.39, 0.29) is 6.10 Å². The van der Waals surface area contributed by atoms with Crippen molar-refractivity contribution >= 4 is 5.97 Å². The molecule has 2 unspecified atom stereocenters.